The second kappa shape index (κ2) is 10.2. The summed E-state index contributed by atoms with van der Waals surface area (Å²) >= 11 is 0. The molecule has 30 heavy (non-hydrogen) atoms. The number of esters is 1. The second-order valence-electron chi connectivity index (χ2n) is 7.40. The standard InChI is InChI=1S/C21H27F2N3O4/c1-12(2)11-26-14(4)16(13(3)25-26)10-19(27)29-15(5)20(28)24-17-8-6-7-9-18(17)30-21(22)23/h6-9,12,15,21H,10-11H2,1-5H3,(H,24,28). The van der Waals surface area contributed by atoms with Gasteiger partial charge >= 0.3 is 12.6 Å². The summed E-state index contributed by atoms with van der Waals surface area (Å²) < 4.78 is 36.5. The Hall–Kier alpha value is -2.97. The largest absolute Gasteiger partial charge is 0.452 e. The van der Waals surface area contributed by atoms with Crippen LogP contribution in [0.3, 0.4) is 0 Å². The summed E-state index contributed by atoms with van der Waals surface area (Å²) in [5.74, 6) is -1.01. The molecule has 1 unspecified atom stereocenters. The van der Waals surface area contributed by atoms with E-state index in [-0.39, 0.29) is 17.9 Å². The number of para-hydroxylation sites is 2. The van der Waals surface area contributed by atoms with Gasteiger partial charge in [-0.2, -0.15) is 13.9 Å². The molecule has 9 heteroatoms. The SMILES string of the molecule is Cc1nn(CC(C)C)c(C)c1CC(=O)OC(C)C(=O)Nc1ccccc1OC(F)F. The minimum Gasteiger partial charge on any atom is -0.452 e. The van der Waals surface area contributed by atoms with E-state index in [2.05, 4.69) is 29.0 Å². The van der Waals surface area contributed by atoms with E-state index in [4.69, 9.17) is 4.74 Å². The summed E-state index contributed by atoms with van der Waals surface area (Å²) in [7, 11) is 0. The maximum Gasteiger partial charge on any atom is 0.387 e. The van der Waals surface area contributed by atoms with Crippen LogP contribution in [0.2, 0.25) is 0 Å². The third-order valence-corrected chi connectivity index (χ3v) is 4.43. The van der Waals surface area contributed by atoms with Crippen LogP contribution in [-0.2, 0) is 27.3 Å². The van der Waals surface area contributed by atoms with E-state index >= 15 is 0 Å². The van der Waals surface area contributed by atoms with Gasteiger partial charge in [0.05, 0.1) is 17.8 Å². The second-order valence-corrected chi connectivity index (χ2v) is 7.40. The first-order valence-corrected chi connectivity index (χ1v) is 9.65. The van der Waals surface area contributed by atoms with Crippen LogP contribution in [-0.4, -0.2) is 34.4 Å². The number of aryl methyl sites for hydroxylation is 1. The number of anilines is 1. The molecule has 0 aliphatic carbocycles. The molecule has 1 aromatic heterocycles. The molecular weight excluding hydrogens is 396 g/mol. The number of carbonyl (C=O) groups is 2. The average molecular weight is 423 g/mol. The fourth-order valence-electron chi connectivity index (χ4n) is 2.95. The van der Waals surface area contributed by atoms with Crippen molar-refractivity contribution in [3.63, 3.8) is 0 Å². The zero-order valence-corrected chi connectivity index (χ0v) is 17.7. The van der Waals surface area contributed by atoms with Gasteiger partial charge in [-0.25, -0.2) is 0 Å². The zero-order chi connectivity index (χ0) is 22.4. The van der Waals surface area contributed by atoms with E-state index in [0.717, 1.165) is 23.5 Å². The number of rotatable bonds is 9. The van der Waals surface area contributed by atoms with E-state index in [1.54, 1.807) is 6.07 Å². The summed E-state index contributed by atoms with van der Waals surface area (Å²) in [6, 6.07) is 5.78. The number of carbonyl (C=O) groups excluding carboxylic acids is 2. The topological polar surface area (TPSA) is 82.5 Å². The lowest BCUT2D eigenvalue weighted by atomic mass is 10.1. The fourth-order valence-corrected chi connectivity index (χ4v) is 2.95. The number of alkyl halides is 2. The maximum absolute atomic E-state index is 12.5. The van der Waals surface area contributed by atoms with Crippen LogP contribution in [0.4, 0.5) is 14.5 Å². The molecule has 0 aliphatic rings. The maximum atomic E-state index is 12.5. The van der Waals surface area contributed by atoms with Crippen molar-refractivity contribution in [1.29, 1.82) is 0 Å². The van der Waals surface area contributed by atoms with Crippen LogP contribution in [0.25, 0.3) is 0 Å². The van der Waals surface area contributed by atoms with Gasteiger partial charge in [0.1, 0.15) is 5.75 Å². The predicted octanol–water partition coefficient (Wildman–Crippen LogP) is 3.87. The number of hydrogen-bond donors (Lipinski definition) is 1. The van der Waals surface area contributed by atoms with Crippen molar-refractivity contribution in [2.45, 2.75) is 60.3 Å². The number of hydrogen-bond acceptors (Lipinski definition) is 5. The van der Waals surface area contributed by atoms with Crippen LogP contribution >= 0.6 is 0 Å². The third kappa shape index (κ3) is 6.27. The molecule has 0 bridgehead atoms. The van der Waals surface area contributed by atoms with Crippen molar-refractivity contribution >= 4 is 17.6 Å². The van der Waals surface area contributed by atoms with E-state index in [1.807, 2.05) is 18.5 Å². The normalized spacial score (nSPS) is 12.2. The average Bonchev–Trinajstić information content (AvgIpc) is 2.89. The first kappa shape index (κ1) is 23.3. The van der Waals surface area contributed by atoms with Crippen molar-refractivity contribution in [2.24, 2.45) is 5.92 Å². The summed E-state index contributed by atoms with van der Waals surface area (Å²) in [6.45, 7) is 6.99. The summed E-state index contributed by atoms with van der Waals surface area (Å²) in [5, 5.41) is 6.90. The highest BCUT2D eigenvalue weighted by molar-refractivity contribution is 5.96. The highest BCUT2D eigenvalue weighted by Crippen LogP contribution is 2.25. The molecule has 1 atom stereocenters. The number of aromatic nitrogens is 2. The Labute approximate surface area is 174 Å². The minimum atomic E-state index is -3.03. The zero-order valence-electron chi connectivity index (χ0n) is 17.7. The molecule has 7 nitrogen and oxygen atoms in total. The van der Waals surface area contributed by atoms with Gasteiger partial charge in [-0.15, -0.1) is 0 Å². The Bertz CT molecular complexity index is 896. The van der Waals surface area contributed by atoms with Gasteiger partial charge in [-0.1, -0.05) is 26.0 Å². The Kier molecular flexibility index (Phi) is 7.91. The first-order chi connectivity index (χ1) is 14.1. The summed E-state index contributed by atoms with van der Waals surface area (Å²) in [4.78, 5) is 24.7. The van der Waals surface area contributed by atoms with Crippen molar-refractivity contribution in [3.05, 3.63) is 41.2 Å². The lowest BCUT2D eigenvalue weighted by Gasteiger charge is -2.16. The minimum absolute atomic E-state index is 0.0154. The highest BCUT2D eigenvalue weighted by atomic mass is 19.3. The number of nitrogens with one attached hydrogen (secondary N) is 1. The van der Waals surface area contributed by atoms with Crippen molar-refractivity contribution in [3.8, 4) is 5.75 Å². The molecule has 0 fully saturated rings. The summed E-state index contributed by atoms with van der Waals surface area (Å²) in [5.41, 5.74) is 2.45. The van der Waals surface area contributed by atoms with Gasteiger partial charge in [-0.3, -0.25) is 14.3 Å². The molecular formula is C21H27F2N3O4. The Balaban J connectivity index is 2.00. The molecule has 1 heterocycles. The van der Waals surface area contributed by atoms with Crippen molar-refractivity contribution in [2.75, 3.05) is 5.32 Å². The molecule has 1 aromatic carbocycles. The Morgan fingerprint density at radius 3 is 2.47 bits per heavy atom. The van der Waals surface area contributed by atoms with Gasteiger partial charge in [0, 0.05) is 17.8 Å². The predicted molar refractivity (Wildman–Crippen MR) is 108 cm³/mol. The summed E-state index contributed by atoms with van der Waals surface area (Å²) in [6.07, 6.45) is -1.14. The van der Waals surface area contributed by atoms with Crippen LogP contribution in [0.15, 0.2) is 24.3 Å². The molecule has 1 N–H and O–H groups in total. The van der Waals surface area contributed by atoms with E-state index in [9.17, 15) is 18.4 Å². The van der Waals surface area contributed by atoms with Gasteiger partial charge in [-0.05, 0) is 38.8 Å². The molecule has 2 rings (SSSR count). The molecule has 0 radical (unpaired) electrons. The Morgan fingerprint density at radius 2 is 1.83 bits per heavy atom. The van der Waals surface area contributed by atoms with Crippen LogP contribution < -0.4 is 10.1 Å². The van der Waals surface area contributed by atoms with Crippen LogP contribution in [0.5, 0.6) is 5.75 Å². The van der Waals surface area contributed by atoms with Gasteiger partial charge < -0.3 is 14.8 Å². The van der Waals surface area contributed by atoms with Crippen molar-refractivity contribution in [1.82, 2.24) is 9.78 Å². The van der Waals surface area contributed by atoms with Crippen LogP contribution in [0, 0.1) is 19.8 Å². The highest BCUT2D eigenvalue weighted by Gasteiger charge is 2.22. The lowest BCUT2D eigenvalue weighted by Crippen LogP contribution is -2.30. The number of halogens is 2. The molecule has 164 valence electrons. The van der Waals surface area contributed by atoms with Gasteiger partial charge in [0.2, 0.25) is 0 Å². The van der Waals surface area contributed by atoms with Crippen LogP contribution in [0.1, 0.15) is 37.7 Å². The fraction of sp³-hybridized carbons (Fsp3) is 0.476. The molecule has 0 aliphatic heterocycles. The van der Waals surface area contributed by atoms with Gasteiger partial charge in [0.25, 0.3) is 5.91 Å². The molecule has 0 spiro atoms. The Morgan fingerprint density at radius 1 is 1.17 bits per heavy atom. The number of amides is 1. The van der Waals surface area contributed by atoms with E-state index in [1.165, 1.54) is 25.1 Å². The molecule has 0 saturated heterocycles. The number of nitrogens with zero attached hydrogens (tertiary/aromatic N) is 2. The molecule has 0 saturated carbocycles. The number of benzene rings is 1. The van der Waals surface area contributed by atoms with Crippen molar-refractivity contribution < 1.29 is 27.8 Å². The lowest BCUT2D eigenvalue weighted by molar-refractivity contribution is -0.152. The number of ether oxygens (including phenoxy) is 2. The van der Waals surface area contributed by atoms with E-state index < -0.39 is 24.6 Å². The quantitative estimate of drug-likeness (QED) is 0.619. The monoisotopic (exact) mass is 423 g/mol. The molecule has 2 aromatic rings. The molecule has 1 amide bonds. The smallest absolute Gasteiger partial charge is 0.387 e. The third-order valence-electron chi connectivity index (χ3n) is 4.43. The first-order valence-electron chi connectivity index (χ1n) is 9.65. The van der Waals surface area contributed by atoms with E-state index in [0.29, 0.717) is 5.92 Å². The van der Waals surface area contributed by atoms with Gasteiger partial charge in [0.15, 0.2) is 6.10 Å².